The first-order valence-corrected chi connectivity index (χ1v) is 8.86. The zero-order valence-electron chi connectivity index (χ0n) is 15.6. The minimum absolute atomic E-state index is 0. The van der Waals surface area contributed by atoms with Crippen molar-refractivity contribution < 1.29 is 0 Å². The first-order valence-electron chi connectivity index (χ1n) is 8.48. The third-order valence-corrected chi connectivity index (χ3v) is 4.05. The van der Waals surface area contributed by atoms with E-state index in [1.54, 1.807) is 7.05 Å². The monoisotopic (exact) mass is 486 g/mol. The molecule has 0 saturated heterocycles. The molecular formula is C20H28ClIN4. The van der Waals surface area contributed by atoms with Crippen molar-refractivity contribution in [1.29, 1.82) is 0 Å². The molecule has 0 heterocycles. The van der Waals surface area contributed by atoms with Gasteiger partial charge in [-0.3, -0.25) is 4.99 Å². The molecule has 0 aliphatic rings. The number of aliphatic imine (C=N–C) groups is 1. The smallest absolute Gasteiger partial charge is 0.191 e. The molecule has 0 unspecified atom stereocenters. The maximum atomic E-state index is 5.91. The second-order valence-corrected chi connectivity index (χ2v) is 6.72. The number of guanidine groups is 1. The molecule has 0 saturated carbocycles. The van der Waals surface area contributed by atoms with Crippen LogP contribution in [0.1, 0.15) is 16.7 Å². The average Bonchev–Trinajstić information content (AvgIpc) is 2.59. The fourth-order valence-electron chi connectivity index (χ4n) is 2.59. The molecule has 2 aromatic carbocycles. The van der Waals surface area contributed by atoms with E-state index in [1.807, 2.05) is 12.1 Å². The van der Waals surface area contributed by atoms with Gasteiger partial charge in [0, 0.05) is 31.7 Å². The Hall–Kier alpha value is -1.31. The Kier molecular flexibility index (Phi) is 10.6. The van der Waals surface area contributed by atoms with E-state index >= 15 is 0 Å². The lowest BCUT2D eigenvalue weighted by Gasteiger charge is -2.14. The quantitative estimate of drug-likeness (QED) is 0.354. The van der Waals surface area contributed by atoms with Gasteiger partial charge >= 0.3 is 0 Å². The van der Waals surface area contributed by atoms with Crippen molar-refractivity contribution in [3.05, 3.63) is 70.2 Å². The molecule has 0 aliphatic carbocycles. The molecule has 0 amide bonds. The molecule has 0 bridgehead atoms. The molecule has 0 radical (unpaired) electrons. The van der Waals surface area contributed by atoms with E-state index in [1.165, 1.54) is 16.7 Å². The Morgan fingerprint density at radius 1 is 1.00 bits per heavy atom. The first-order chi connectivity index (χ1) is 12.1. The van der Waals surface area contributed by atoms with Gasteiger partial charge in [-0.15, -0.1) is 24.0 Å². The van der Waals surface area contributed by atoms with Gasteiger partial charge in [0.2, 0.25) is 0 Å². The molecule has 6 heteroatoms. The van der Waals surface area contributed by atoms with E-state index in [0.717, 1.165) is 37.0 Å². The zero-order valence-corrected chi connectivity index (χ0v) is 18.7. The van der Waals surface area contributed by atoms with E-state index in [9.17, 15) is 0 Å². The van der Waals surface area contributed by atoms with Crippen molar-refractivity contribution >= 4 is 41.5 Å². The minimum Gasteiger partial charge on any atom is -0.356 e. The summed E-state index contributed by atoms with van der Waals surface area (Å²) < 4.78 is 0. The predicted octanol–water partition coefficient (Wildman–Crippen LogP) is 3.93. The molecule has 0 atom stereocenters. The third-order valence-electron chi connectivity index (χ3n) is 3.79. The van der Waals surface area contributed by atoms with Crippen LogP contribution in [0.5, 0.6) is 0 Å². The Morgan fingerprint density at radius 3 is 2.35 bits per heavy atom. The maximum absolute atomic E-state index is 5.91. The summed E-state index contributed by atoms with van der Waals surface area (Å²) in [5, 5.41) is 7.48. The highest BCUT2D eigenvalue weighted by Gasteiger charge is 2.01. The standard InChI is InChI=1S/C20H27ClN4.HI/c1-22-20(23-12-11-16-7-9-19(21)10-8-16)24-14-17-5-4-6-18(13-17)15-25(2)3;/h4-10,13H,11-12,14-15H2,1-3H3,(H2,22,23,24);1H. The number of halogens is 2. The second kappa shape index (κ2) is 12.1. The molecular weight excluding hydrogens is 459 g/mol. The largest absolute Gasteiger partial charge is 0.356 e. The van der Waals surface area contributed by atoms with Crippen molar-refractivity contribution in [2.75, 3.05) is 27.7 Å². The van der Waals surface area contributed by atoms with Crippen LogP contribution >= 0.6 is 35.6 Å². The summed E-state index contributed by atoms with van der Waals surface area (Å²) in [4.78, 5) is 6.45. The molecule has 4 nitrogen and oxygen atoms in total. The van der Waals surface area contributed by atoms with Crippen molar-refractivity contribution in [2.24, 2.45) is 4.99 Å². The van der Waals surface area contributed by atoms with Gasteiger partial charge in [-0.1, -0.05) is 48.0 Å². The van der Waals surface area contributed by atoms with Gasteiger partial charge in [0.1, 0.15) is 0 Å². The molecule has 2 N–H and O–H groups in total. The van der Waals surface area contributed by atoms with E-state index in [4.69, 9.17) is 11.6 Å². The minimum atomic E-state index is 0. The van der Waals surface area contributed by atoms with Gasteiger partial charge in [0.25, 0.3) is 0 Å². The SMILES string of the molecule is CN=C(NCCc1ccc(Cl)cc1)NCc1cccc(CN(C)C)c1.I. The van der Waals surface area contributed by atoms with E-state index in [2.05, 4.69) is 71.0 Å². The number of nitrogens with zero attached hydrogens (tertiary/aromatic N) is 2. The van der Waals surface area contributed by atoms with Crippen LogP contribution in [0.3, 0.4) is 0 Å². The molecule has 0 spiro atoms. The lowest BCUT2D eigenvalue weighted by atomic mass is 10.1. The third kappa shape index (κ3) is 8.38. The van der Waals surface area contributed by atoms with Crippen LogP contribution in [0.4, 0.5) is 0 Å². The summed E-state index contributed by atoms with van der Waals surface area (Å²) in [6, 6.07) is 16.6. The highest BCUT2D eigenvalue weighted by atomic mass is 127. The van der Waals surface area contributed by atoms with Crippen LogP contribution in [0.15, 0.2) is 53.5 Å². The molecule has 2 aromatic rings. The second-order valence-electron chi connectivity index (χ2n) is 6.29. The van der Waals surface area contributed by atoms with Crippen LogP contribution in [0, 0.1) is 0 Å². The van der Waals surface area contributed by atoms with Crippen LogP contribution in [0.25, 0.3) is 0 Å². The van der Waals surface area contributed by atoms with Crippen molar-refractivity contribution in [1.82, 2.24) is 15.5 Å². The van der Waals surface area contributed by atoms with Crippen molar-refractivity contribution in [3.63, 3.8) is 0 Å². The molecule has 26 heavy (non-hydrogen) atoms. The Morgan fingerprint density at radius 2 is 1.69 bits per heavy atom. The van der Waals surface area contributed by atoms with E-state index < -0.39 is 0 Å². The maximum Gasteiger partial charge on any atom is 0.191 e. The fourth-order valence-corrected chi connectivity index (χ4v) is 2.71. The highest BCUT2D eigenvalue weighted by molar-refractivity contribution is 14.0. The number of rotatable bonds is 7. The van der Waals surface area contributed by atoms with Crippen LogP contribution in [-0.4, -0.2) is 38.5 Å². The lowest BCUT2D eigenvalue weighted by molar-refractivity contribution is 0.402. The van der Waals surface area contributed by atoms with Crippen molar-refractivity contribution in [3.8, 4) is 0 Å². The topological polar surface area (TPSA) is 39.7 Å². The van der Waals surface area contributed by atoms with Gasteiger partial charge in [0.05, 0.1) is 0 Å². The number of benzene rings is 2. The predicted molar refractivity (Wildman–Crippen MR) is 123 cm³/mol. The van der Waals surface area contributed by atoms with E-state index in [-0.39, 0.29) is 24.0 Å². The summed E-state index contributed by atoms with van der Waals surface area (Å²) in [6.07, 6.45) is 0.927. The van der Waals surface area contributed by atoms with Crippen LogP contribution in [-0.2, 0) is 19.5 Å². The number of hydrogen-bond acceptors (Lipinski definition) is 2. The Bertz CT molecular complexity index is 686. The Labute approximate surface area is 179 Å². The summed E-state index contributed by atoms with van der Waals surface area (Å²) in [7, 11) is 5.95. The summed E-state index contributed by atoms with van der Waals surface area (Å²) >= 11 is 5.91. The fraction of sp³-hybridized carbons (Fsp3) is 0.350. The Balaban J connectivity index is 0.00000338. The molecule has 2 rings (SSSR count). The number of nitrogens with one attached hydrogen (secondary N) is 2. The van der Waals surface area contributed by atoms with Crippen LogP contribution < -0.4 is 10.6 Å². The van der Waals surface area contributed by atoms with Gasteiger partial charge in [-0.2, -0.15) is 0 Å². The van der Waals surface area contributed by atoms with Gasteiger partial charge < -0.3 is 15.5 Å². The zero-order chi connectivity index (χ0) is 18.1. The average molecular weight is 487 g/mol. The molecule has 0 aromatic heterocycles. The number of hydrogen-bond donors (Lipinski definition) is 2. The molecule has 142 valence electrons. The lowest BCUT2D eigenvalue weighted by Crippen LogP contribution is -2.37. The van der Waals surface area contributed by atoms with Gasteiger partial charge in [0.15, 0.2) is 5.96 Å². The highest BCUT2D eigenvalue weighted by Crippen LogP contribution is 2.09. The van der Waals surface area contributed by atoms with E-state index in [0.29, 0.717) is 0 Å². The molecule has 0 fully saturated rings. The summed E-state index contributed by atoms with van der Waals surface area (Å²) in [5.41, 5.74) is 3.82. The molecule has 0 aliphatic heterocycles. The van der Waals surface area contributed by atoms with Crippen LogP contribution in [0.2, 0.25) is 5.02 Å². The summed E-state index contributed by atoms with van der Waals surface area (Å²) in [5.74, 6) is 0.812. The normalized spacial score (nSPS) is 11.2. The first kappa shape index (κ1) is 22.7. The summed E-state index contributed by atoms with van der Waals surface area (Å²) in [6.45, 7) is 2.52. The van der Waals surface area contributed by atoms with Gasteiger partial charge in [-0.05, 0) is 49.3 Å². The van der Waals surface area contributed by atoms with Crippen molar-refractivity contribution in [2.45, 2.75) is 19.5 Å². The van der Waals surface area contributed by atoms with Gasteiger partial charge in [-0.25, -0.2) is 0 Å².